The summed E-state index contributed by atoms with van der Waals surface area (Å²) in [7, 11) is -3.37. The smallest absolute Gasteiger partial charge is 0.243 e. The van der Waals surface area contributed by atoms with Crippen LogP contribution in [0.4, 0.5) is 0 Å². The molecule has 0 amide bonds. The van der Waals surface area contributed by atoms with Crippen LogP contribution in [0.15, 0.2) is 41.3 Å². The topological polar surface area (TPSA) is 45.6 Å². The summed E-state index contributed by atoms with van der Waals surface area (Å²) in [6.07, 6.45) is 0. The number of nitrogens with zero attached hydrogens (tertiary/aromatic N) is 3. The molecule has 1 aliphatic heterocycles. The molecule has 5 nitrogen and oxygen atoms in total. The van der Waals surface area contributed by atoms with Crippen LogP contribution in [0.2, 0.25) is 0 Å². The van der Waals surface area contributed by atoms with Crippen LogP contribution in [-0.4, -0.2) is 54.9 Å². The van der Waals surface area contributed by atoms with E-state index in [1.807, 2.05) is 19.1 Å². The third kappa shape index (κ3) is 4.49. The van der Waals surface area contributed by atoms with Crippen LogP contribution in [0.5, 0.6) is 0 Å². The Balaban J connectivity index is 0.00000243. The maximum absolute atomic E-state index is 12.7. The molecule has 2 heterocycles. The van der Waals surface area contributed by atoms with Crippen LogP contribution in [0, 0.1) is 20.8 Å². The highest BCUT2D eigenvalue weighted by atomic mass is 35.5. The SMILES string of the molecule is Cc1ccc(S(=O)(=O)N2CCN(CCn3c(C)ccc3C)CC2)cc1.Cl. The predicted molar refractivity (Wildman–Crippen MR) is 108 cm³/mol. The van der Waals surface area contributed by atoms with Gasteiger partial charge in [0.2, 0.25) is 10.0 Å². The molecule has 1 aliphatic rings. The van der Waals surface area contributed by atoms with Crippen LogP contribution >= 0.6 is 12.4 Å². The Labute approximate surface area is 163 Å². The molecule has 0 bridgehead atoms. The highest BCUT2D eigenvalue weighted by Crippen LogP contribution is 2.18. The van der Waals surface area contributed by atoms with Gasteiger partial charge in [-0.15, -0.1) is 12.4 Å². The largest absolute Gasteiger partial charge is 0.348 e. The lowest BCUT2D eigenvalue weighted by Gasteiger charge is -2.34. The van der Waals surface area contributed by atoms with Crippen LogP contribution in [-0.2, 0) is 16.6 Å². The summed E-state index contributed by atoms with van der Waals surface area (Å²) in [4.78, 5) is 2.74. The molecule has 0 N–H and O–H groups in total. The van der Waals surface area contributed by atoms with Gasteiger partial charge in [-0.2, -0.15) is 4.31 Å². The van der Waals surface area contributed by atoms with Gasteiger partial charge < -0.3 is 4.57 Å². The molecule has 1 saturated heterocycles. The second-order valence-electron chi connectivity index (χ2n) is 6.83. The van der Waals surface area contributed by atoms with Gasteiger partial charge in [-0.25, -0.2) is 8.42 Å². The van der Waals surface area contributed by atoms with Crippen molar-refractivity contribution >= 4 is 22.4 Å². The second-order valence-corrected chi connectivity index (χ2v) is 8.76. The second kappa shape index (κ2) is 8.57. The van der Waals surface area contributed by atoms with Crippen molar-refractivity contribution in [2.24, 2.45) is 0 Å². The number of piperazine rings is 1. The monoisotopic (exact) mass is 397 g/mol. The zero-order chi connectivity index (χ0) is 18.0. The molecule has 0 unspecified atom stereocenters. The van der Waals surface area contributed by atoms with E-state index in [0.29, 0.717) is 18.0 Å². The van der Waals surface area contributed by atoms with E-state index in [1.54, 1.807) is 16.4 Å². The van der Waals surface area contributed by atoms with Gasteiger partial charge >= 0.3 is 0 Å². The fourth-order valence-corrected chi connectivity index (χ4v) is 4.77. The normalized spacial score (nSPS) is 16.4. The summed E-state index contributed by atoms with van der Waals surface area (Å²) >= 11 is 0. The molecule has 0 radical (unpaired) electrons. The average molecular weight is 398 g/mol. The standard InChI is InChI=1S/C19H27N3O2S.ClH/c1-16-4-8-19(9-5-16)25(23,24)21-13-10-20(11-14-21)12-15-22-17(2)6-7-18(22)3;/h4-9H,10-15H2,1-3H3;1H. The molecule has 2 aromatic rings. The van der Waals surface area contributed by atoms with E-state index >= 15 is 0 Å². The summed E-state index contributed by atoms with van der Waals surface area (Å²) < 4.78 is 29.4. The van der Waals surface area contributed by atoms with E-state index in [0.717, 1.165) is 31.7 Å². The van der Waals surface area contributed by atoms with E-state index < -0.39 is 10.0 Å². The third-order valence-electron chi connectivity index (χ3n) is 5.05. The van der Waals surface area contributed by atoms with Crippen molar-refractivity contribution in [3.05, 3.63) is 53.3 Å². The van der Waals surface area contributed by atoms with Gasteiger partial charge in [-0.05, 0) is 45.0 Å². The summed E-state index contributed by atoms with van der Waals surface area (Å²) in [5.41, 5.74) is 3.62. The lowest BCUT2D eigenvalue weighted by atomic mass is 10.2. The van der Waals surface area contributed by atoms with E-state index in [9.17, 15) is 8.42 Å². The number of benzene rings is 1. The van der Waals surface area contributed by atoms with Gasteiger partial charge in [0, 0.05) is 50.7 Å². The highest BCUT2D eigenvalue weighted by Gasteiger charge is 2.28. The Morgan fingerprint density at radius 1 is 0.808 bits per heavy atom. The van der Waals surface area contributed by atoms with Gasteiger partial charge in [-0.3, -0.25) is 4.90 Å². The number of hydrogen-bond acceptors (Lipinski definition) is 3. The van der Waals surface area contributed by atoms with Crippen LogP contribution in [0.25, 0.3) is 0 Å². The van der Waals surface area contributed by atoms with E-state index in [4.69, 9.17) is 0 Å². The molecule has 0 spiro atoms. The van der Waals surface area contributed by atoms with E-state index in [2.05, 4.69) is 35.4 Å². The summed E-state index contributed by atoms with van der Waals surface area (Å²) in [5.74, 6) is 0. The fraction of sp³-hybridized carbons (Fsp3) is 0.474. The van der Waals surface area contributed by atoms with Crippen LogP contribution in [0.1, 0.15) is 17.0 Å². The number of aryl methyl sites for hydroxylation is 3. The average Bonchev–Trinajstić information content (AvgIpc) is 2.92. The number of hydrogen-bond donors (Lipinski definition) is 0. The van der Waals surface area contributed by atoms with Gasteiger partial charge in [-0.1, -0.05) is 17.7 Å². The van der Waals surface area contributed by atoms with Gasteiger partial charge in [0.05, 0.1) is 4.90 Å². The summed E-state index contributed by atoms with van der Waals surface area (Å²) in [6.45, 7) is 10.8. The Kier molecular flexibility index (Phi) is 6.91. The first-order valence-electron chi connectivity index (χ1n) is 8.80. The molecule has 0 aliphatic carbocycles. The Morgan fingerprint density at radius 3 is 1.88 bits per heavy atom. The molecule has 144 valence electrons. The summed E-state index contributed by atoms with van der Waals surface area (Å²) in [6, 6.07) is 11.4. The molecular weight excluding hydrogens is 370 g/mol. The van der Waals surface area contributed by atoms with E-state index in [1.165, 1.54) is 11.4 Å². The number of halogens is 1. The third-order valence-corrected chi connectivity index (χ3v) is 6.96. The Bertz CT molecular complexity index is 803. The minimum atomic E-state index is -3.37. The van der Waals surface area contributed by atoms with Gasteiger partial charge in [0.25, 0.3) is 0 Å². The first-order valence-corrected chi connectivity index (χ1v) is 10.2. The first-order chi connectivity index (χ1) is 11.9. The van der Waals surface area contributed by atoms with Crippen molar-refractivity contribution in [2.75, 3.05) is 32.7 Å². The molecular formula is C19H28ClN3O2S. The van der Waals surface area contributed by atoms with E-state index in [-0.39, 0.29) is 12.4 Å². The van der Waals surface area contributed by atoms with Crippen molar-refractivity contribution in [1.82, 2.24) is 13.8 Å². The maximum atomic E-state index is 12.7. The lowest BCUT2D eigenvalue weighted by Crippen LogP contribution is -2.49. The van der Waals surface area contributed by atoms with Crippen molar-refractivity contribution < 1.29 is 8.42 Å². The molecule has 0 atom stereocenters. The quantitative estimate of drug-likeness (QED) is 0.779. The number of sulfonamides is 1. The number of aromatic nitrogens is 1. The van der Waals surface area contributed by atoms with Crippen molar-refractivity contribution in [1.29, 1.82) is 0 Å². The zero-order valence-corrected chi connectivity index (χ0v) is 17.3. The van der Waals surface area contributed by atoms with Crippen molar-refractivity contribution in [3.8, 4) is 0 Å². The molecule has 7 heteroatoms. The Morgan fingerprint density at radius 2 is 1.35 bits per heavy atom. The molecule has 1 aromatic heterocycles. The van der Waals surface area contributed by atoms with Crippen LogP contribution in [0.3, 0.4) is 0 Å². The molecule has 1 aromatic carbocycles. The van der Waals surface area contributed by atoms with Crippen LogP contribution < -0.4 is 0 Å². The lowest BCUT2D eigenvalue weighted by molar-refractivity contribution is 0.182. The fourth-order valence-electron chi connectivity index (χ4n) is 3.35. The predicted octanol–water partition coefficient (Wildman–Crippen LogP) is 2.84. The zero-order valence-electron chi connectivity index (χ0n) is 15.7. The van der Waals surface area contributed by atoms with Crippen molar-refractivity contribution in [2.45, 2.75) is 32.2 Å². The minimum absolute atomic E-state index is 0. The van der Waals surface area contributed by atoms with Crippen molar-refractivity contribution in [3.63, 3.8) is 0 Å². The molecule has 0 saturated carbocycles. The van der Waals surface area contributed by atoms with Gasteiger partial charge in [0.15, 0.2) is 0 Å². The highest BCUT2D eigenvalue weighted by molar-refractivity contribution is 7.89. The number of rotatable bonds is 5. The molecule has 26 heavy (non-hydrogen) atoms. The first kappa shape index (κ1) is 21.0. The Hall–Kier alpha value is -1.34. The van der Waals surface area contributed by atoms with Gasteiger partial charge in [0.1, 0.15) is 0 Å². The summed E-state index contributed by atoms with van der Waals surface area (Å²) in [5, 5.41) is 0. The molecule has 1 fully saturated rings. The minimum Gasteiger partial charge on any atom is -0.348 e. The maximum Gasteiger partial charge on any atom is 0.243 e. The molecule has 3 rings (SSSR count).